The fourth-order valence-electron chi connectivity index (χ4n) is 1.82. The molecule has 0 saturated heterocycles. The SMILES string of the molecule is Cc1cccc(CC(C)N)c1OCCC(C)C. The Morgan fingerprint density at radius 2 is 1.94 bits per heavy atom. The van der Waals surface area contributed by atoms with E-state index in [-0.39, 0.29) is 6.04 Å². The molecule has 0 aromatic heterocycles. The van der Waals surface area contributed by atoms with Gasteiger partial charge in [0.05, 0.1) is 6.61 Å². The number of ether oxygens (including phenoxy) is 1. The van der Waals surface area contributed by atoms with Crippen LogP contribution in [0.15, 0.2) is 18.2 Å². The van der Waals surface area contributed by atoms with Crippen LogP contribution in [0.2, 0.25) is 0 Å². The summed E-state index contributed by atoms with van der Waals surface area (Å²) in [5.41, 5.74) is 8.29. The lowest BCUT2D eigenvalue weighted by molar-refractivity contribution is 0.284. The monoisotopic (exact) mass is 235 g/mol. The second-order valence-electron chi connectivity index (χ2n) is 5.28. The van der Waals surface area contributed by atoms with Crippen LogP contribution in [-0.2, 0) is 6.42 Å². The van der Waals surface area contributed by atoms with Crippen LogP contribution in [0.3, 0.4) is 0 Å². The Balaban J connectivity index is 2.73. The highest BCUT2D eigenvalue weighted by Crippen LogP contribution is 2.24. The van der Waals surface area contributed by atoms with Gasteiger partial charge in [-0.15, -0.1) is 0 Å². The van der Waals surface area contributed by atoms with Crippen LogP contribution in [0.25, 0.3) is 0 Å². The van der Waals surface area contributed by atoms with E-state index < -0.39 is 0 Å². The average Bonchev–Trinajstić information content (AvgIpc) is 2.21. The number of para-hydroxylation sites is 1. The quantitative estimate of drug-likeness (QED) is 0.821. The minimum absolute atomic E-state index is 0.171. The van der Waals surface area contributed by atoms with Gasteiger partial charge in [0.1, 0.15) is 5.75 Å². The predicted molar refractivity (Wildman–Crippen MR) is 73.5 cm³/mol. The van der Waals surface area contributed by atoms with E-state index in [1.165, 1.54) is 11.1 Å². The van der Waals surface area contributed by atoms with Gasteiger partial charge in [0.25, 0.3) is 0 Å². The smallest absolute Gasteiger partial charge is 0.125 e. The standard InChI is InChI=1S/C15H25NO/c1-11(2)8-9-17-15-12(3)6-5-7-14(15)10-13(4)16/h5-7,11,13H,8-10,16H2,1-4H3. The molecule has 1 aromatic carbocycles. The van der Waals surface area contributed by atoms with E-state index in [1.807, 2.05) is 6.92 Å². The second-order valence-corrected chi connectivity index (χ2v) is 5.28. The molecule has 0 spiro atoms. The molecule has 1 atom stereocenters. The molecule has 0 radical (unpaired) electrons. The Morgan fingerprint density at radius 1 is 1.24 bits per heavy atom. The van der Waals surface area contributed by atoms with Crippen molar-refractivity contribution in [2.24, 2.45) is 11.7 Å². The van der Waals surface area contributed by atoms with Crippen LogP contribution in [0, 0.1) is 12.8 Å². The Kier molecular flexibility index (Phi) is 5.49. The predicted octanol–water partition coefficient (Wildman–Crippen LogP) is 3.31. The number of hydrogen-bond donors (Lipinski definition) is 1. The first-order chi connectivity index (χ1) is 8.00. The molecular weight excluding hydrogens is 210 g/mol. The summed E-state index contributed by atoms with van der Waals surface area (Å²) < 4.78 is 5.92. The van der Waals surface area contributed by atoms with Gasteiger partial charge >= 0.3 is 0 Å². The molecule has 0 amide bonds. The Hall–Kier alpha value is -1.02. The van der Waals surface area contributed by atoms with Crippen LogP contribution in [0.1, 0.15) is 38.3 Å². The summed E-state index contributed by atoms with van der Waals surface area (Å²) in [6, 6.07) is 6.45. The molecule has 0 aliphatic heterocycles. The second kappa shape index (κ2) is 6.65. The molecule has 1 aromatic rings. The number of aryl methyl sites for hydroxylation is 1. The molecule has 2 heteroatoms. The van der Waals surface area contributed by atoms with Gasteiger partial charge in [0.15, 0.2) is 0 Å². The van der Waals surface area contributed by atoms with Crippen molar-refractivity contribution >= 4 is 0 Å². The first kappa shape index (κ1) is 14.0. The minimum Gasteiger partial charge on any atom is -0.493 e. The van der Waals surface area contributed by atoms with Gasteiger partial charge in [-0.25, -0.2) is 0 Å². The van der Waals surface area contributed by atoms with Gasteiger partial charge in [-0.05, 0) is 43.7 Å². The summed E-state index contributed by atoms with van der Waals surface area (Å²) in [5, 5.41) is 0. The van der Waals surface area contributed by atoms with Crippen LogP contribution in [0.5, 0.6) is 5.75 Å². The highest BCUT2D eigenvalue weighted by atomic mass is 16.5. The molecule has 2 N–H and O–H groups in total. The Labute approximate surface area is 105 Å². The lowest BCUT2D eigenvalue weighted by atomic mass is 10.0. The third-order valence-electron chi connectivity index (χ3n) is 2.78. The molecule has 2 nitrogen and oxygen atoms in total. The minimum atomic E-state index is 0.171. The molecule has 0 aliphatic carbocycles. The van der Waals surface area contributed by atoms with Gasteiger partial charge in [0, 0.05) is 6.04 Å². The molecule has 0 aliphatic rings. The first-order valence-electron chi connectivity index (χ1n) is 6.47. The maximum absolute atomic E-state index is 5.92. The van der Waals surface area contributed by atoms with E-state index in [4.69, 9.17) is 10.5 Å². The average molecular weight is 235 g/mol. The summed E-state index contributed by atoms with van der Waals surface area (Å²) in [7, 11) is 0. The molecular formula is C15H25NO. The fourth-order valence-corrected chi connectivity index (χ4v) is 1.82. The maximum Gasteiger partial charge on any atom is 0.125 e. The van der Waals surface area contributed by atoms with Gasteiger partial charge in [-0.2, -0.15) is 0 Å². The number of rotatable bonds is 6. The molecule has 1 unspecified atom stereocenters. The molecule has 0 saturated carbocycles. The fraction of sp³-hybridized carbons (Fsp3) is 0.600. The number of hydrogen-bond acceptors (Lipinski definition) is 2. The van der Waals surface area contributed by atoms with Crippen molar-refractivity contribution in [3.63, 3.8) is 0 Å². The Morgan fingerprint density at radius 3 is 2.53 bits per heavy atom. The molecule has 1 rings (SSSR count). The molecule has 0 bridgehead atoms. The highest BCUT2D eigenvalue weighted by molar-refractivity contribution is 5.41. The zero-order chi connectivity index (χ0) is 12.8. The largest absolute Gasteiger partial charge is 0.493 e. The summed E-state index contributed by atoms with van der Waals surface area (Å²) >= 11 is 0. The molecule has 96 valence electrons. The highest BCUT2D eigenvalue weighted by Gasteiger charge is 2.09. The van der Waals surface area contributed by atoms with Gasteiger partial charge < -0.3 is 10.5 Å². The zero-order valence-electron chi connectivity index (χ0n) is 11.5. The third kappa shape index (κ3) is 4.78. The van der Waals surface area contributed by atoms with Crippen LogP contribution in [-0.4, -0.2) is 12.6 Å². The Bertz CT molecular complexity index is 345. The van der Waals surface area contributed by atoms with Crippen molar-refractivity contribution in [3.8, 4) is 5.75 Å². The van der Waals surface area contributed by atoms with E-state index >= 15 is 0 Å². The normalized spacial score (nSPS) is 12.8. The summed E-state index contributed by atoms with van der Waals surface area (Å²) in [5.74, 6) is 1.71. The first-order valence-corrected chi connectivity index (χ1v) is 6.47. The lowest BCUT2D eigenvalue weighted by Gasteiger charge is -2.16. The van der Waals surface area contributed by atoms with Crippen molar-refractivity contribution in [1.82, 2.24) is 0 Å². The number of nitrogens with two attached hydrogens (primary N) is 1. The third-order valence-corrected chi connectivity index (χ3v) is 2.78. The van der Waals surface area contributed by atoms with Crippen LogP contribution < -0.4 is 10.5 Å². The van der Waals surface area contributed by atoms with E-state index in [0.29, 0.717) is 5.92 Å². The van der Waals surface area contributed by atoms with E-state index in [1.54, 1.807) is 0 Å². The van der Waals surface area contributed by atoms with Gasteiger partial charge in [0.2, 0.25) is 0 Å². The molecule has 0 fully saturated rings. The molecule has 17 heavy (non-hydrogen) atoms. The van der Waals surface area contributed by atoms with Crippen LogP contribution in [0.4, 0.5) is 0 Å². The van der Waals surface area contributed by atoms with Crippen molar-refractivity contribution in [3.05, 3.63) is 29.3 Å². The van der Waals surface area contributed by atoms with Crippen molar-refractivity contribution in [2.75, 3.05) is 6.61 Å². The lowest BCUT2D eigenvalue weighted by Crippen LogP contribution is -2.18. The van der Waals surface area contributed by atoms with Crippen molar-refractivity contribution in [1.29, 1.82) is 0 Å². The number of benzene rings is 1. The topological polar surface area (TPSA) is 35.2 Å². The van der Waals surface area contributed by atoms with Gasteiger partial charge in [-0.3, -0.25) is 0 Å². The van der Waals surface area contributed by atoms with Gasteiger partial charge in [-0.1, -0.05) is 32.0 Å². The van der Waals surface area contributed by atoms with Crippen molar-refractivity contribution < 1.29 is 4.74 Å². The zero-order valence-corrected chi connectivity index (χ0v) is 11.5. The van der Waals surface area contributed by atoms with E-state index in [2.05, 4.69) is 39.0 Å². The van der Waals surface area contributed by atoms with E-state index in [9.17, 15) is 0 Å². The summed E-state index contributed by atoms with van der Waals surface area (Å²) in [6.07, 6.45) is 1.96. The summed E-state index contributed by atoms with van der Waals surface area (Å²) in [6.45, 7) is 9.33. The summed E-state index contributed by atoms with van der Waals surface area (Å²) in [4.78, 5) is 0. The van der Waals surface area contributed by atoms with Crippen LogP contribution >= 0.6 is 0 Å². The van der Waals surface area contributed by atoms with Crippen molar-refractivity contribution in [2.45, 2.75) is 46.6 Å². The maximum atomic E-state index is 5.92. The molecule has 0 heterocycles. The van der Waals surface area contributed by atoms with E-state index in [0.717, 1.165) is 25.2 Å².